The second-order valence-corrected chi connectivity index (χ2v) is 7.15. The number of β-amino-alcohol motifs (C(OH)–C–C–N with tert-alkyl or cyclic N) is 1. The number of benzene rings is 1. The molecule has 1 saturated heterocycles. The van der Waals surface area contributed by atoms with E-state index in [2.05, 4.69) is 0 Å². The zero-order valence-corrected chi connectivity index (χ0v) is 13.6. The lowest BCUT2D eigenvalue weighted by atomic mass is 10.2. The summed E-state index contributed by atoms with van der Waals surface area (Å²) in [5.74, 6) is 0. The molecule has 0 bridgehead atoms. The molecule has 1 aromatic rings. The van der Waals surface area contributed by atoms with Gasteiger partial charge in [0, 0.05) is 26.2 Å². The van der Waals surface area contributed by atoms with E-state index in [0.717, 1.165) is 12.1 Å². The third-order valence-corrected chi connectivity index (χ3v) is 5.05. The molecule has 6 nitrogen and oxygen atoms in total. The van der Waals surface area contributed by atoms with Gasteiger partial charge in [0.15, 0.2) is 0 Å². The molecule has 0 spiro atoms. The van der Waals surface area contributed by atoms with E-state index in [4.69, 9.17) is 4.74 Å². The molecule has 10 heteroatoms. The lowest BCUT2D eigenvalue weighted by molar-refractivity contribution is -0.139. The zero-order chi connectivity index (χ0) is 17.8. The highest BCUT2D eigenvalue weighted by atomic mass is 32.2. The number of aliphatic hydroxyl groups is 1. The number of morpholine rings is 1. The maximum Gasteiger partial charge on any atom is 0.417 e. The zero-order valence-electron chi connectivity index (χ0n) is 12.8. The lowest BCUT2D eigenvalue weighted by Gasteiger charge is -2.28. The van der Waals surface area contributed by atoms with Crippen molar-refractivity contribution < 1.29 is 31.4 Å². The molecule has 24 heavy (non-hydrogen) atoms. The molecule has 1 heterocycles. The van der Waals surface area contributed by atoms with Crippen LogP contribution in [-0.4, -0.2) is 63.9 Å². The van der Waals surface area contributed by atoms with Crippen LogP contribution in [0.25, 0.3) is 0 Å². The average Bonchev–Trinajstić information content (AvgIpc) is 2.53. The van der Waals surface area contributed by atoms with E-state index in [0.29, 0.717) is 32.4 Å². The molecule has 0 amide bonds. The van der Waals surface area contributed by atoms with Gasteiger partial charge < -0.3 is 9.84 Å². The molecule has 0 radical (unpaired) electrons. The van der Waals surface area contributed by atoms with Crippen LogP contribution < -0.4 is 4.72 Å². The fourth-order valence-corrected chi connectivity index (χ4v) is 3.66. The average molecular weight is 368 g/mol. The van der Waals surface area contributed by atoms with Gasteiger partial charge in [0.1, 0.15) is 0 Å². The van der Waals surface area contributed by atoms with E-state index < -0.39 is 32.8 Å². The summed E-state index contributed by atoms with van der Waals surface area (Å²) in [6.45, 7) is 2.12. The first-order chi connectivity index (χ1) is 11.2. The number of nitrogens with one attached hydrogen (secondary N) is 1. The molecule has 1 aliphatic heterocycles. The summed E-state index contributed by atoms with van der Waals surface area (Å²) in [6.07, 6.45) is -5.81. The van der Waals surface area contributed by atoms with Crippen molar-refractivity contribution >= 4 is 10.0 Å². The predicted octanol–water partition coefficient (Wildman–Crippen LogP) is 0.677. The Morgan fingerprint density at radius 1 is 1.25 bits per heavy atom. The summed E-state index contributed by atoms with van der Waals surface area (Å²) >= 11 is 0. The molecule has 2 rings (SSSR count). The highest BCUT2D eigenvalue weighted by Crippen LogP contribution is 2.33. The number of hydrogen-bond donors (Lipinski definition) is 2. The minimum atomic E-state index is -4.78. The Hall–Kier alpha value is -1.20. The lowest BCUT2D eigenvalue weighted by Crippen LogP contribution is -2.44. The van der Waals surface area contributed by atoms with Gasteiger partial charge in [-0.25, -0.2) is 13.1 Å². The van der Waals surface area contributed by atoms with Crippen LogP contribution >= 0.6 is 0 Å². The molecule has 0 aliphatic carbocycles. The van der Waals surface area contributed by atoms with Gasteiger partial charge in [0.05, 0.1) is 29.8 Å². The summed E-state index contributed by atoms with van der Waals surface area (Å²) in [6, 6.07) is 3.93. The van der Waals surface area contributed by atoms with Gasteiger partial charge in [-0.15, -0.1) is 0 Å². The van der Waals surface area contributed by atoms with E-state index in [1.54, 1.807) is 0 Å². The van der Waals surface area contributed by atoms with Gasteiger partial charge >= 0.3 is 6.18 Å². The molecule has 1 fully saturated rings. The molecule has 1 atom stereocenters. The molecule has 136 valence electrons. The largest absolute Gasteiger partial charge is 0.417 e. The normalized spacial score (nSPS) is 18.5. The molecule has 1 unspecified atom stereocenters. The number of nitrogens with zero attached hydrogens (tertiary/aromatic N) is 1. The van der Waals surface area contributed by atoms with E-state index in [1.807, 2.05) is 9.62 Å². The second-order valence-electron chi connectivity index (χ2n) is 5.41. The number of aliphatic hydroxyl groups excluding tert-OH is 1. The first-order valence-corrected chi connectivity index (χ1v) is 8.82. The van der Waals surface area contributed by atoms with E-state index in [-0.39, 0.29) is 13.1 Å². The number of hydrogen-bond acceptors (Lipinski definition) is 5. The number of rotatable bonds is 6. The Kier molecular flexibility index (Phi) is 6.21. The van der Waals surface area contributed by atoms with Crippen molar-refractivity contribution in [2.24, 2.45) is 0 Å². The number of sulfonamides is 1. The summed E-state index contributed by atoms with van der Waals surface area (Å²) in [5.41, 5.74) is -1.24. The summed E-state index contributed by atoms with van der Waals surface area (Å²) in [4.78, 5) is 1.04. The summed E-state index contributed by atoms with van der Waals surface area (Å²) in [7, 11) is -4.38. The van der Waals surface area contributed by atoms with Crippen LogP contribution in [0.1, 0.15) is 5.56 Å². The molecule has 1 aliphatic rings. The molecule has 0 saturated carbocycles. The van der Waals surface area contributed by atoms with Crippen molar-refractivity contribution in [3.8, 4) is 0 Å². The van der Waals surface area contributed by atoms with Crippen LogP contribution in [0.3, 0.4) is 0 Å². The second kappa shape index (κ2) is 7.79. The van der Waals surface area contributed by atoms with Gasteiger partial charge in [-0.2, -0.15) is 13.2 Å². The third kappa shape index (κ3) is 5.15. The van der Waals surface area contributed by atoms with Crippen molar-refractivity contribution in [1.82, 2.24) is 9.62 Å². The quantitative estimate of drug-likeness (QED) is 0.772. The van der Waals surface area contributed by atoms with Crippen LogP contribution in [-0.2, 0) is 20.9 Å². The van der Waals surface area contributed by atoms with Gasteiger partial charge in [0.25, 0.3) is 0 Å². The highest BCUT2D eigenvalue weighted by molar-refractivity contribution is 7.89. The standard InChI is InChI=1S/C14H19F3N2O4S/c15-14(16,17)12-3-1-2-4-13(12)24(21,22)18-9-11(20)10-19-5-7-23-8-6-19/h1-4,11,18,20H,5-10H2. The summed E-state index contributed by atoms with van der Waals surface area (Å²) < 4.78 is 70.3. The maximum atomic E-state index is 12.9. The van der Waals surface area contributed by atoms with Crippen molar-refractivity contribution in [3.05, 3.63) is 29.8 Å². The Bertz CT molecular complexity index is 646. The van der Waals surface area contributed by atoms with E-state index in [1.165, 1.54) is 6.07 Å². The Labute approximate surface area is 138 Å². The molecular weight excluding hydrogens is 349 g/mol. The van der Waals surface area contributed by atoms with Crippen LogP contribution in [0.4, 0.5) is 13.2 Å². The smallest absolute Gasteiger partial charge is 0.390 e. The number of alkyl halides is 3. The Morgan fingerprint density at radius 3 is 2.50 bits per heavy atom. The number of halogens is 3. The van der Waals surface area contributed by atoms with Gasteiger partial charge in [-0.1, -0.05) is 12.1 Å². The fourth-order valence-electron chi connectivity index (χ4n) is 2.37. The Balaban J connectivity index is 2.01. The molecule has 0 aromatic heterocycles. The van der Waals surface area contributed by atoms with Crippen LogP contribution in [0.2, 0.25) is 0 Å². The predicted molar refractivity (Wildman–Crippen MR) is 79.9 cm³/mol. The van der Waals surface area contributed by atoms with Gasteiger partial charge in [0.2, 0.25) is 10.0 Å². The van der Waals surface area contributed by atoms with Crippen molar-refractivity contribution in [2.45, 2.75) is 17.2 Å². The molecule has 2 N–H and O–H groups in total. The highest BCUT2D eigenvalue weighted by Gasteiger charge is 2.36. The van der Waals surface area contributed by atoms with E-state index >= 15 is 0 Å². The monoisotopic (exact) mass is 368 g/mol. The maximum absolute atomic E-state index is 12.9. The van der Waals surface area contributed by atoms with Crippen molar-refractivity contribution in [2.75, 3.05) is 39.4 Å². The first-order valence-electron chi connectivity index (χ1n) is 7.34. The van der Waals surface area contributed by atoms with Crippen LogP contribution in [0, 0.1) is 0 Å². The first kappa shape index (κ1) is 19.1. The van der Waals surface area contributed by atoms with Crippen LogP contribution in [0.5, 0.6) is 0 Å². The SMILES string of the molecule is O=S(=O)(NCC(O)CN1CCOCC1)c1ccccc1C(F)(F)F. The topological polar surface area (TPSA) is 78.9 Å². The van der Waals surface area contributed by atoms with Crippen molar-refractivity contribution in [3.63, 3.8) is 0 Å². The minimum absolute atomic E-state index is 0.215. The van der Waals surface area contributed by atoms with Gasteiger partial charge in [-0.05, 0) is 12.1 Å². The minimum Gasteiger partial charge on any atom is -0.390 e. The van der Waals surface area contributed by atoms with Gasteiger partial charge in [-0.3, -0.25) is 4.90 Å². The Morgan fingerprint density at radius 2 is 1.88 bits per heavy atom. The number of ether oxygens (including phenoxy) is 1. The fraction of sp³-hybridized carbons (Fsp3) is 0.571. The molecule has 1 aromatic carbocycles. The summed E-state index contributed by atoms with van der Waals surface area (Å²) in [5, 5.41) is 9.91. The third-order valence-electron chi connectivity index (χ3n) is 3.56. The molecular formula is C14H19F3N2O4S. The van der Waals surface area contributed by atoms with E-state index in [9.17, 15) is 26.7 Å². The van der Waals surface area contributed by atoms with Crippen molar-refractivity contribution in [1.29, 1.82) is 0 Å². The van der Waals surface area contributed by atoms with Crippen LogP contribution in [0.15, 0.2) is 29.2 Å².